The van der Waals surface area contributed by atoms with E-state index < -0.39 is 47.0 Å². The van der Waals surface area contributed by atoms with Crippen LogP contribution in [0.5, 0.6) is 17.2 Å². The van der Waals surface area contributed by atoms with E-state index in [4.69, 9.17) is 14.2 Å². The quantitative estimate of drug-likeness (QED) is 0.157. The molecule has 0 aliphatic carbocycles. The number of carbonyl (C=O) groups excluding carboxylic acids is 1. The first-order chi connectivity index (χ1) is 16.1. The SMILES string of the molecule is COc1ccc(Br)cc1/C=C1\Oc2c(ccc(OCc3c(F)c(F)c(F)c(F)c3F)c2C)C1=O. The van der Waals surface area contributed by atoms with E-state index in [0.29, 0.717) is 16.9 Å². The lowest BCUT2D eigenvalue weighted by atomic mass is 10.1. The summed E-state index contributed by atoms with van der Waals surface area (Å²) in [5, 5.41) is 0. The Hall–Kier alpha value is -3.40. The maximum Gasteiger partial charge on any atom is 0.231 e. The smallest absolute Gasteiger partial charge is 0.231 e. The van der Waals surface area contributed by atoms with Gasteiger partial charge in [0, 0.05) is 15.6 Å². The van der Waals surface area contributed by atoms with E-state index in [1.165, 1.54) is 32.2 Å². The number of ether oxygens (including phenoxy) is 3. The molecule has 0 atom stereocenters. The van der Waals surface area contributed by atoms with E-state index in [1.54, 1.807) is 18.2 Å². The fraction of sp³-hybridized carbons (Fsp3) is 0.125. The summed E-state index contributed by atoms with van der Waals surface area (Å²) in [6.45, 7) is 0.597. The highest BCUT2D eigenvalue weighted by molar-refractivity contribution is 9.10. The molecule has 0 radical (unpaired) electrons. The second-order valence-electron chi connectivity index (χ2n) is 7.23. The standard InChI is InChI=1S/C24H14BrF5O4/c1-10-15(33-9-14-18(26)20(28)22(30)21(29)19(14)27)6-4-13-23(31)17(34-24(10)13)8-11-7-12(25)3-5-16(11)32-2/h3-8H,9H2,1-2H3/b17-8-. The molecule has 0 saturated carbocycles. The van der Waals surface area contributed by atoms with Crippen molar-refractivity contribution in [2.75, 3.05) is 7.11 Å². The van der Waals surface area contributed by atoms with Crippen LogP contribution in [0.3, 0.4) is 0 Å². The number of fused-ring (bicyclic) bond motifs is 1. The Morgan fingerprint density at radius 1 is 0.941 bits per heavy atom. The van der Waals surface area contributed by atoms with Crippen LogP contribution in [-0.4, -0.2) is 12.9 Å². The van der Waals surface area contributed by atoms with Crippen molar-refractivity contribution in [1.29, 1.82) is 0 Å². The first-order valence-corrected chi connectivity index (χ1v) is 10.5. The average Bonchev–Trinajstić information content (AvgIpc) is 3.14. The fourth-order valence-corrected chi connectivity index (χ4v) is 3.79. The zero-order valence-electron chi connectivity index (χ0n) is 17.6. The van der Waals surface area contributed by atoms with Crippen LogP contribution in [-0.2, 0) is 6.61 Å². The Labute approximate surface area is 198 Å². The van der Waals surface area contributed by atoms with Crippen LogP contribution in [0.2, 0.25) is 0 Å². The highest BCUT2D eigenvalue weighted by Crippen LogP contribution is 2.40. The number of ketones is 1. The third-order valence-corrected chi connectivity index (χ3v) is 5.68. The maximum absolute atomic E-state index is 13.9. The van der Waals surface area contributed by atoms with E-state index >= 15 is 0 Å². The molecule has 0 saturated heterocycles. The first kappa shape index (κ1) is 23.7. The number of halogens is 6. The van der Waals surface area contributed by atoms with Crippen molar-refractivity contribution in [2.45, 2.75) is 13.5 Å². The Morgan fingerprint density at radius 2 is 1.56 bits per heavy atom. The van der Waals surface area contributed by atoms with Gasteiger partial charge in [-0.3, -0.25) is 4.79 Å². The van der Waals surface area contributed by atoms with Gasteiger partial charge in [0.1, 0.15) is 23.9 Å². The van der Waals surface area contributed by atoms with Crippen LogP contribution >= 0.6 is 15.9 Å². The van der Waals surface area contributed by atoms with Crippen LogP contribution in [0.25, 0.3) is 6.08 Å². The maximum atomic E-state index is 13.9. The van der Waals surface area contributed by atoms with Gasteiger partial charge in [-0.15, -0.1) is 0 Å². The third-order valence-electron chi connectivity index (χ3n) is 5.19. The normalized spacial score (nSPS) is 13.8. The molecule has 0 bridgehead atoms. The summed E-state index contributed by atoms with van der Waals surface area (Å²) in [4.78, 5) is 12.8. The van der Waals surface area contributed by atoms with Gasteiger partial charge < -0.3 is 14.2 Å². The van der Waals surface area contributed by atoms with Gasteiger partial charge in [0.25, 0.3) is 0 Å². The van der Waals surface area contributed by atoms with Crippen LogP contribution in [0.4, 0.5) is 22.0 Å². The minimum atomic E-state index is -2.25. The molecule has 1 aliphatic heterocycles. The van der Waals surface area contributed by atoms with Crippen molar-refractivity contribution in [3.63, 3.8) is 0 Å². The topological polar surface area (TPSA) is 44.8 Å². The molecule has 4 nitrogen and oxygen atoms in total. The molecule has 1 heterocycles. The highest BCUT2D eigenvalue weighted by atomic mass is 79.9. The highest BCUT2D eigenvalue weighted by Gasteiger charge is 2.31. The lowest BCUT2D eigenvalue weighted by Gasteiger charge is -2.13. The number of allylic oxidation sites excluding steroid dienone is 1. The summed E-state index contributed by atoms with van der Waals surface area (Å²) in [5.41, 5.74) is -0.00952. The number of hydrogen-bond acceptors (Lipinski definition) is 4. The van der Waals surface area contributed by atoms with Gasteiger partial charge in [0.2, 0.25) is 11.6 Å². The second kappa shape index (κ2) is 9.09. The van der Waals surface area contributed by atoms with Crippen LogP contribution in [0.15, 0.2) is 40.6 Å². The molecule has 0 spiro atoms. The number of carbonyl (C=O) groups is 1. The summed E-state index contributed by atoms with van der Waals surface area (Å²) in [5.74, 6) is -10.0. The lowest BCUT2D eigenvalue weighted by molar-refractivity contribution is 0.101. The molecule has 1 aliphatic rings. The van der Waals surface area contributed by atoms with Crippen LogP contribution in [0.1, 0.15) is 27.0 Å². The second-order valence-corrected chi connectivity index (χ2v) is 8.14. The molecule has 0 aromatic heterocycles. The van der Waals surface area contributed by atoms with Crippen molar-refractivity contribution in [2.24, 2.45) is 0 Å². The van der Waals surface area contributed by atoms with Gasteiger partial charge in [-0.1, -0.05) is 15.9 Å². The molecule has 34 heavy (non-hydrogen) atoms. The molecule has 0 N–H and O–H groups in total. The zero-order valence-corrected chi connectivity index (χ0v) is 19.2. The third kappa shape index (κ3) is 4.02. The van der Waals surface area contributed by atoms with Crippen molar-refractivity contribution in [3.8, 4) is 17.2 Å². The average molecular weight is 541 g/mol. The van der Waals surface area contributed by atoms with Crippen molar-refractivity contribution in [3.05, 3.63) is 91.9 Å². The Kier molecular flexibility index (Phi) is 6.35. The largest absolute Gasteiger partial charge is 0.496 e. The Balaban J connectivity index is 1.63. The van der Waals surface area contributed by atoms with Crippen molar-refractivity contribution in [1.82, 2.24) is 0 Å². The molecule has 10 heteroatoms. The Morgan fingerprint density at radius 3 is 2.21 bits per heavy atom. The van der Waals surface area contributed by atoms with E-state index in [1.807, 2.05) is 0 Å². The molecule has 176 valence electrons. The van der Waals surface area contributed by atoms with E-state index in [-0.39, 0.29) is 22.8 Å². The monoisotopic (exact) mass is 540 g/mol. The van der Waals surface area contributed by atoms with Crippen LogP contribution < -0.4 is 14.2 Å². The molecule has 3 aromatic rings. The molecule has 4 rings (SSSR count). The van der Waals surface area contributed by atoms with Gasteiger partial charge in [-0.2, -0.15) is 0 Å². The van der Waals surface area contributed by atoms with Crippen LogP contribution in [0, 0.1) is 36.0 Å². The predicted molar refractivity (Wildman–Crippen MR) is 115 cm³/mol. The molecular weight excluding hydrogens is 527 g/mol. The number of rotatable bonds is 5. The number of hydrogen-bond donors (Lipinski definition) is 0. The summed E-state index contributed by atoms with van der Waals surface area (Å²) in [6.07, 6.45) is 1.50. The summed E-state index contributed by atoms with van der Waals surface area (Å²) >= 11 is 3.35. The molecule has 0 amide bonds. The summed E-state index contributed by atoms with van der Waals surface area (Å²) < 4.78 is 85.1. The first-order valence-electron chi connectivity index (χ1n) is 9.68. The number of Topliss-reactive ketones (excluding diaryl/α,β-unsaturated/α-hetero) is 1. The molecule has 0 unspecified atom stereocenters. The van der Waals surface area contributed by atoms with Gasteiger partial charge in [-0.25, -0.2) is 22.0 Å². The van der Waals surface area contributed by atoms with Crippen molar-refractivity contribution < 1.29 is 41.0 Å². The van der Waals surface area contributed by atoms with Gasteiger partial charge in [0.05, 0.1) is 18.2 Å². The summed E-state index contributed by atoms with van der Waals surface area (Å²) in [6, 6.07) is 7.95. The van der Waals surface area contributed by atoms with Crippen molar-refractivity contribution >= 4 is 27.8 Å². The summed E-state index contributed by atoms with van der Waals surface area (Å²) in [7, 11) is 1.48. The van der Waals surface area contributed by atoms with Gasteiger partial charge >= 0.3 is 0 Å². The zero-order chi connectivity index (χ0) is 24.7. The van der Waals surface area contributed by atoms with E-state index in [2.05, 4.69) is 15.9 Å². The number of methoxy groups -OCH3 is 1. The lowest BCUT2D eigenvalue weighted by Crippen LogP contribution is -2.10. The van der Waals surface area contributed by atoms with E-state index in [0.717, 1.165) is 4.47 Å². The molecule has 0 fully saturated rings. The minimum absolute atomic E-state index is 0.00594. The van der Waals surface area contributed by atoms with Gasteiger partial charge in [-0.05, 0) is 43.3 Å². The fourth-order valence-electron chi connectivity index (χ4n) is 3.41. The predicted octanol–water partition coefficient (Wildman–Crippen LogP) is 6.66. The number of benzene rings is 3. The van der Waals surface area contributed by atoms with Gasteiger partial charge in [0.15, 0.2) is 29.0 Å². The Bertz CT molecular complexity index is 1340. The van der Waals surface area contributed by atoms with E-state index in [9.17, 15) is 26.7 Å². The molecular formula is C24H14BrF5O4. The minimum Gasteiger partial charge on any atom is -0.496 e. The molecule has 3 aromatic carbocycles.